The van der Waals surface area contributed by atoms with Crippen LogP contribution in [0.5, 0.6) is 5.88 Å². The summed E-state index contributed by atoms with van der Waals surface area (Å²) in [6, 6.07) is 1.81. The average Bonchev–Trinajstić information content (AvgIpc) is 2.28. The maximum absolute atomic E-state index is 5.83. The first-order valence-corrected chi connectivity index (χ1v) is 7.00. The van der Waals surface area contributed by atoms with Gasteiger partial charge in [0.25, 0.3) is 0 Å². The number of nitrogen functional groups attached to an aromatic ring is 1. The molecule has 1 rings (SSSR count). The second-order valence-electron chi connectivity index (χ2n) is 4.33. The molecule has 1 atom stereocenters. The Morgan fingerprint density at radius 3 is 2.82 bits per heavy atom. The number of unbranched alkanes of at least 4 members (excludes halogenated alkanes) is 3. The molecule has 0 fully saturated rings. The highest BCUT2D eigenvalue weighted by atomic mass is 79.9. The van der Waals surface area contributed by atoms with E-state index in [2.05, 4.69) is 34.8 Å². The Hall–Kier alpha value is -0.770. The van der Waals surface area contributed by atoms with Crippen molar-refractivity contribution in [3.05, 3.63) is 16.7 Å². The smallest absolute Gasteiger partial charge is 0.237 e. The molecule has 0 radical (unpaired) electrons. The molecule has 0 aliphatic rings. The van der Waals surface area contributed by atoms with Gasteiger partial charge in [-0.15, -0.1) is 0 Å². The van der Waals surface area contributed by atoms with Crippen LogP contribution >= 0.6 is 15.9 Å². The molecule has 0 saturated carbocycles. The molecule has 0 aliphatic carbocycles. The lowest BCUT2D eigenvalue weighted by Crippen LogP contribution is -2.13. The molecule has 0 saturated heterocycles. The number of hydrogen-bond acceptors (Lipinski definition) is 3. The van der Waals surface area contributed by atoms with Crippen LogP contribution in [0.2, 0.25) is 0 Å². The molecular weight excluding hydrogens is 280 g/mol. The highest BCUT2D eigenvalue weighted by Gasteiger charge is 2.08. The van der Waals surface area contributed by atoms with E-state index in [0.29, 0.717) is 11.6 Å². The highest BCUT2D eigenvalue weighted by Crippen LogP contribution is 2.23. The van der Waals surface area contributed by atoms with Gasteiger partial charge in [-0.1, -0.05) is 26.2 Å². The minimum Gasteiger partial charge on any atom is -0.473 e. The minimum atomic E-state index is 0.169. The van der Waals surface area contributed by atoms with Gasteiger partial charge in [0.05, 0.1) is 11.8 Å². The van der Waals surface area contributed by atoms with E-state index in [1.165, 1.54) is 25.7 Å². The number of hydrogen-bond donors (Lipinski definition) is 1. The number of anilines is 1. The van der Waals surface area contributed by atoms with Crippen molar-refractivity contribution in [1.29, 1.82) is 0 Å². The van der Waals surface area contributed by atoms with Crippen molar-refractivity contribution in [2.45, 2.75) is 52.1 Å². The molecule has 1 aromatic rings. The molecular formula is C13H21BrN2O. The van der Waals surface area contributed by atoms with Gasteiger partial charge in [-0.05, 0) is 41.8 Å². The third-order valence-electron chi connectivity index (χ3n) is 2.62. The Labute approximate surface area is 112 Å². The van der Waals surface area contributed by atoms with Gasteiger partial charge in [0, 0.05) is 10.7 Å². The van der Waals surface area contributed by atoms with Gasteiger partial charge in [-0.2, -0.15) is 0 Å². The third-order valence-corrected chi connectivity index (χ3v) is 3.06. The second kappa shape index (κ2) is 7.54. The van der Waals surface area contributed by atoms with Gasteiger partial charge in [-0.3, -0.25) is 0 Å². The van der Waals surface area contributed by atoms with E-state index in [-0.39, 0.29) is 6.10 Å². The summed E-state index contributed by atoms with van der Waals surface area (Å²) in [7, 11) is 0. The molecule has 3 nitrogen and oxygen atoms in total. The Kier molecular flexibility index (Phi) is 6.34. The van der Waals surface area contributed by atoms with E-state index in [0.717, 1.165) is 10.9 Å². The number of pyridine rings is 1. The van der Waals surface area contributed by atoms with E-state index in [1.807, 2.05) is 6.07 Å². The Morgan fingerprint density at radius 2 is 2.18 bits per heavy atom. The van der Waals surface area contributed by atoms with Gasteiger partial charge in [0.1, 0.15) is 0 Å². The molecule has 17 heavy (non-hydrogen) atoms. The molecule has 96 valence electrons. The predicted molar refractivity (Wildman–Crippen MR) is 75.2 cm³/mol. The van der Waals surface area contributed by atoms with E-state index in [4.69, 9.17) is 10.5 Å². The summed E-state index contributed by atoms with van der Waals surface area (Å²) in [5.74, 6) is 0.538. The van der Waals surface area contributed by atoms with E-state index in [1.54, 1.807) is 6.20 Å². The summed E-state index contributed by atoms with van der Waals surface area (Å²) in [5, 5.41) is 0. The second-order valence-corrected chi connectivity index (χ2v) is 5.24. The summed E-state index contributed by atoms with van der Waals surface area (Å²) in [6.45, 7) is 4.28. The van der Waals surface area contributed by atoms with Crippen LogP contribution < -0.4 is 10.5 Å². The summed E-state index contributed by atoms with van der Waals surface area (Å²) in [4.78, 5) is 4.17. The summed E-state index contributed by atoms with van der Waals surface area (Å²) in [5.41, 5.74) is 6.41. The molecule has 0 amide bonds. The van der Waals surface area contributed by atoms with Crippen LogP contribution in [-0.4, -0.2) is 11.1 Å². The van der Waals surface area contributed by atoms with Crippen LogP contribution in [0.25, 0.3) is 0 Å². The lowest BCUT2D eigenvalue weighted by Gasteiger charge is -2.15. The van der Waals surface area contributed by atoms with Crippen LogP contribution in [0.15, 0.2) is 16.7 Å². The van der Waals surface area contributed by atoms with Crippen LogP contribution in [0, 0.1) is 0 Å². The molecule has 0 bridgehead atoms. The van der Waals surface area contributed by atoms with Crippen molar-refractivity contribution >= 4 is 21.6 Å². The maximum atomic E-state index is 5.83. The zero-order chi connectivity index (χ0) is 12.7. The fourth-order valence-electron chi connectivity index (χ4n) is 1.65. The van der Waals surface area contributed by atoms with Crippen LogP contribution in [0.3, 0.4) is 0 Å². The molecule has 0 spiro atoms. The van der Waals surface area contributed by atoms with Crippen LogP contribution in [0.4, 0.5) is 5.69 Å². The number of ether oxygens (including phenoxy) is 1. The molecule has 1 unspecified atom stereocenters. The molecule has 1 heterocycles. The number of nitrogens with two attached hydrogens (primary N) is 1. The first kappa shape index (κ1) is 14.3. The first-order chi connectivity index (χ1) is 8.13. The topological polar surface area (TPSA) is 48.1 Å². The molecule has 0 aromatic carbocycles. The normalized spacial score (nSPS) is 12.4. The minimum absolute atomic E-state index is 0.169. The maximum Gasteiger partial charge on any atom is 0.237 e. The van der Waals surface area contributed by atoms with Gasteiger partial charge >= 0.3 is 0 Å². The number of halogens is 1. The third kappa shape index (κ3) is 5.39. The highest BCUT2D eigenvalue weighted by molar-refractivity contribution is 9.10. The van der Waals surface area contributed by atoms with Crippen LogP contribution in [0.1, 0.15) is 46.0 Å². The lowest BCUT2D eigenvalue weighted by molar-refractivity contribution is 0.199. The van der Waals surface area contributed by atoms with E-state index in [9.17, 15) is 0 Å². The van der Waals surface area contributed by atoms with Crippen molar-refractivity contribution in [3.63, 3.8) is 0 Å². The number of aromatic nitrogens is 1. The van der Waals surface area contributed by atoms with Crippen molar-refractivity contribution in [2.24, 2.45) is 0 Å². The Bertz CT molecular complexity index is 344. The van der Waals surface area contributed by atoms with Crippen molar-refractivity contribution in [1.82, 2.24) is 4.98 Å². The van der Waals surface area contributed by atoms with E-state index < -0.39 is 0 Å². The monoisotopic (exact) mass is 300 g/mol. The molecule has 4 heteroatoms. The van der Waals surface area contributed by atoms with Crippen molar-refractivity contribution in [2.75, 3.05) is 5.73 Å². The van der Waals surface area contributed by atoms with Gasteiger partial charge in [0.2, 0.25) is 5.88 Å². The summed E-state index contributed by atoms with van der Waals surface area (Å²) in [6.07, 6.45) is 7.95. The zero-order valence-electron chi connectivity index (χ0n) is 10.6. The Balaban J connectivity index is 2.37. The SMILES string of the molecule is CCCCCCC(C)Oc1ncc(Br)cc1N. The van der Waals surface area contributed by atoms with Crippen molar-refractivity contribution < 1.29 is 4.74 Å². The van der Waals surface area contributed by atoms with Crippen molar-refractivity contribution in [3.8, 4) is 5.88 Å². The number of nitrogens with zero attached hydrogens (tertiary/aromatic N) is 1. The molecule has 0 aliphatic heterocycles. The summed E-state index contributed by atoms with van der Waals surface area (Å²) < 4.78 is 6.60. The van der Waals surface area contributed by atoms with Gasteiger partial charge in [0.15, 0.2) is 0 Å². The van der Waals surface area contributed by atoms with Gasteiger partial charge < -0.3 is 10.5 Å². The zero-order valence-corrected chi connectivity index (χ0v) is 12.2. The predicted octanol–water partition coefficient (Wildman–Crippen LogP) is 4.16. The molecule has 1 aromatic heterocycles. The Morgan fingerprint density at radius 1 is 1.41 bits per heavy atom. The van der Waals surface area contributed by atoms with Crippen LogP contribution in [-0.2, 0) is 0 Å². The first-order valence-electron chi connectivity index (χ1n) is 6.21. The lowest BCUT2D eigenvalue weighted by atomic mass is 10.1. The summed E-state index contributed by atoms with van der Waals surface area (Å²) >= 11 is 3.32. The van der Waals surface area contributed by atoms with E-state index >= 15 is 0 Å². The van der Waals surface area contributed by atoms with Gasteiger partial charge in [-0.25, -0.2) is 4.98 Å². The average molecular weight is 301 g/mol. The quantitative estimate of drug-likeness (QED) is 0.769. The largest absolute Gasteiger partial charge is 0.473 e. The standard InChI is InChI=1S/C13H21BrN2O/c1-3-4-5-6-7-10(2)17-13-12(15)8-11(14)9-16-13/h8-10H,3-7,15H2,1-2H3. The number of rotatable bonds is 7. The molecule has 2 N–H and O–H groups in total. The fraction of sp³-hybridized carbons (Fsp3) is 0.615. The fourth-order valence-corrected chi connectivity index (χ4v) is 2.00.